The van der Waals surface area contributed by atoms with E-state index in [-0.39, 0.29) is 0 Å². The Kier molecular flexibility index (Phi) is 5.77. The van der Waals surface area contributed by atoms with Gasteiger partial charge in [-0.1, -0.05) is 0 Å². The van der Waals surface area contributed by atoms with E-state index in [1.807, 2.05) is 0 Å². The molecule has 0 aliphatic heterocycles. The van der Waals surface area contributed by atoms with Gasteiger partial charge in [0.2, 0.25) is 5.91 Å². The van der Waals surface area contributed by atoms with E-state index in [1.165, 1.54) is 0 Å². The first kappa shape index (κ1) is 18.4. The number of carbonyl (C=O) groups excluding carboxylic acids is 2. The molecule has 0 saturated carbocycles. The van der Waals surface area contributed by atoms with Crippen molar-refractivity contribution in [2.45, 2.75) is 24.6 Å². The van der Waals surface area contributed by atoms with Crippen LogP contribution in [0.1, 0.15) is 0 Å². The Morgan fingerprint density at radius 3 is 1.55 bits per heavy atom. The van der Waals surface area contributed by atoms with E-state index in [0.29, 0.717) is 0 Å². The van der Waals surface area contributed by atoms with E-state index in [9.17, 15) is 35.9 Å². The van der Waals surface area contributed by atoms with E-state index in [0.717, 1.165) is 0 Å². The summed E-state index contributed by atoms with van der Waals surface area (Å²) in [6, 6.07) is 0. The van der Waals surface area contributed by atoms with Gasteiger partial charge in [0.1, 0.15) is 13.1 Å². The lowest BCUT2D eigenvalue weighted by atomic mass is 10.1. The van der Waals surface area contributed by atoms with E-state index >= 15 is 0 Å². The van der Waals surface area contributed by atoms with E-state index in [1.54, 1.807) is 0 Å². The molecule has 0 saturated heterocycles. The van der Waals surface area contributed by atoms with E-state index in [2.05, 4.69) is 5.73 Å². The van der Waals surface area contributed by atoms with Gasteiger partial charge in [0.25, 0.3) is 5.91 Å². The molecule has 4 N–H and O–H groups in total. The monoisotopic (exact) mass is 312 g/mol. The van der Waals surface area contributed by atoms with Crippen LogP contribution in [-0.4, -0.2) is 64.6 Å². The highest BCUT2D eigenvalue weighted by Gasteiger charge is 2.43. The molecule has 0 spiro atoms. The number of halogens is 6. The Morgan fingerprint density at radius 2 is 1.30 bits per heavy atom. The number of rotatable bonds is 5. The van der Waals surface area contributed by atoms with Crippen molar-refractivity contribution in [3.8, 4) is 0 Å². The molecule has 0 aliphatic rings. The molecule has 12 heteroatoms. The molecule has 20 heavy (non-hydrogen) atoms. The van der Waals surface area contributed by atoms with Crippen molar-refractivity contribution in [1.29, 1.82) is 0 Å². The van der Waals surface area contributed by atoms with Gasteiger partial charge in [-0.3, -0.25) is 9.59 Å². The predicted octanol–water partition coefficient (Wildman–Crippen LogP) is -0.853. The van der Waals surface area contributed by atoms with Gasteiger partial charge in [-0.05, 0) is 0 Å². The van der Waals surface area contributed by atoms with Crippen LogP contribution in [0.5, 0.6) is 0 Å². The fourth-order valence-electron chi connectivity index (χ4n) is 1.12. The smallest absolute Gasteiger partial charge is 0.380 e. The van der Waals surface area contributed by atoms with Crippen molar-refractivity contribution in [3.63, 3.8) is 0 Å². The number of carbonyl (C=O) groups is 2. The quantitative estimate of drug-likeness (QED) is 0.575. The molecular weight excluding hydrogens is 302 g/mol. The lowest BCUT2D eigenvalue weighted by Crippen LogP contribution is -2.53. The van der Waals surface area contributed by atoms with Crippen LogP contribution in [0.15, 0.2) is 0 Å². The lowest BCUT2D eigenvalue weighted by Gasteiger charge is -2.27. The molecule has 0 fully saturated rings. The van der Waals surface area contributed by atoms with Gasteiger partial charge in [-0.25, -0.2) is 0 Å². The van der Waals surface area contributed by atoms with Crippen LogP contribution in [0.3, 0.4) is 0 Å². The molecule has 0 aromatic rings. The van der Waals surface area contributed by atoms with Crippen molar-refractivity contribution in [1.82, 2.24) is 4.90 Å². The number of aliphatic hydroxyl groups is 2. The van der Waals surface area contributed by atoms with Crippen molar-refractivity contribution >= 4 is 11.8 Å². The molecule has 118 valence electrons. The first-order valence-corrected chi connectivity index (χ1v) is 4.82. The standard InChI is InChI=1S/C8H10F6N2O4/c9-7(10,11)1-16(2-8(12,13)14)6(20)4(18)3(17)5(15)19/h3-4,17-18H,1-2H2,(H2,15,19). The molecule has 2 unspecified atom stereocenters. The van der Waals surface area contributed by atoms with Gasteiger partial charge >= 0.3 is 12.4 Å². The second-order valence-corrected chi connectivity index (χ2v) is 3.72. The third kappa shape index (κ3) is 6.56. The number of alkyl halides is 6. The molecule has 0 radical (unpaired) electrons. The normalized spacial score (nSPS) is 15.6. The average Bonchev–Trinajstić information content (AvgIpc) is 2.21. The highest BCUT2D eigenvalue weighted by molar-refractivity contribution is 5.89. The molecule has 0 bridgehead atoms. The van der Waals surface area contributed by atoms with Crippen molar-refractivity contribution in [2.24, 2.45) is 5.73 Å². The number of aliphatic hydroxyl groups excluding tert-OH is 2. The van der Waals surface area contributed by atoms with Crippen LogP contribution in [-0.2, 0) is 9.59 Å². The molecular formula is C8H10F6N2O4. The fraction of sp³-hybridized carbons (Fsp3) is 0.750. The van der Waals surface area contributed by atoms with Crippen LogP contribution in [0, 0.1) is 0 Å². The maximum absolute atomic E-state index is 12.1. The molecule has 0 aromatic carbocycles. The zero-order valence-electron chi connectivity index (χ0n) is 9.57. The van der Waals surface area contributed by atoms with E-state index < -0.39 is 54.4 Å². The summed E-state index contributed by atoms with van der Waals surface area (Å²) in [5.74, 6) is -3.80. The fourth-order valence-corrected chi connectivity index (χ4v) is 1.12. The third-order valence-electron chi connectivity index (χ3n) is 1.90. The van der Waals surface area contributed by atoms with Crippen molar-refractivity contribution in [3.05, 3.63) is 0 Å². The zero-order valence-corrected chi connectivity index (χ0v) is 9.57. The summed E-state index contributed by atoms with van der Waals surface area (Å²) in [4.78, 5) is 20.9. The second kappa shape index (κ2) is 6.26. The summed E-state index contributed by atoms with van der Waals surface area (Å²) in [6.07, 6.45) is -15.8. The summed E-state index contributed by atoms with van der Waals surface area (Å²) < 4.78 is 72.4. The van der Waals surface area contributed by atoms with Crippen LogP contribution in [0.25, 0.3) is 0 Å². The Morgan fingerprint density at radius 1 is 0.950 bits per heavy atom. The molecule has 0 aromatic heterocycles. The Bertz CT molecular complexity index is 353. The molecule has 2 amide bonds. The minimum absolute atomic E-state index is 0.781. The minimum atomic E-state index is -5.17. The number of nitrogens with two attached hydrogens (primary N) is 1. The molecule has 2 atom stereocenters. The lowest BCUT2D eigenvalue weighted by molar-refractivity contribution is -0.193. The summed E-state index contributed by atoms with van der Waals surface area (Å²) in [6.45, 7) is -4.62. The van der Waals surface area contributed by atoms with Crippen LogP contribution < -0.4 is 5.73 Å². The van der Waals surface area contributed by atoms with Gasteiger partial charge in [0.15, 0.2) is 12.2 Å². The van der Waals surface area contributed by atoms with Crippen LogP contribution >= 0.6 is 0 Å². The number of amides is 2. The minimum Gasteiger partial charge on any atom is -0.380 e. The SMILES string of the molecule is NC(=O)C(O)C(O)C(=O)N(CC(F)(F)F)CC(F)(F)F. The van der Waals surface area contributed by atoms with Gasteiger partial charge in [0.05, 0.1) is 0 Å². The Hall–Kier alpha value is -1.56. The maximum Gasteiger partial charge on any atom is 0.406 e. The van der Waals surface area contributed by atoms with Crippen molar-refractivity contribution < 1.29 is 46.1 Å². The van der Waals surface area contributed by atoms with Gasteiger partial charge in [-0.2, -0.15) is 26.3 Å². The number of primary amides is 1. The molecule has 0 aliphatic carbocycles. The van der Waals surface area contributed by atoms with Crippen molar-refractivity contribution in [2.75, 3.05) is 13.1 Å². The van der Waals surface area contributed by atoms with E-state index in [4.69, 9.17) is 10.2 Å². The van der Waals surface area contributed by atoms with Crippen LogP contribution in [0.2, 0.25) is 0 Å². The van der Waals surface area contributed by atoms with Gasteiger partial charge in [0, 0.05) is 0 Å². The summed E-state index contributed by atoms with van der Waals surface area (Å²) >= 11 is 0. The van der Waals surface area contributed by atoms with Gasteiger partial charge < -0.3 is 20.8 Å². The maximum atomic E-state index is 12.1. The molecule has 6 nitrogen and oxygen atoms in total. The van der Waals surface area contributed by atoms with Crippen LogP contribution in [0.4, 0.5) is 26.3 Å². The summed E-state index contributed by atoms with van der Waals surface area (Å²) in [5, 5.41) is 17.9. The second-order valence-electron chi connectivity index (χ2n) is 3.72. The first-order chi connectivity index (χ1) is 8.74. The third-order valence-corrected chi connectivity index (χ3v) is 1.90. The number of hydrogen-bond acceptors (Lipinski definition) is 4. The topological polar surface area (TPSA) is 104 Å². The highest BCUT2D eigenvalue weighted by atomic mass is 19.4. The zero-order chi connectivity index (χ0) is 16.3. The summed E-state index contributed by atoms with van der Waals surface area (Å²) in [5.41, 5.74) is 4.47. The highest BCUT2D eigenvalue weighted by Crippen LogP contribution is 2.22. The average molecular weight is 312 g/mol. The molecule has 0 heterocycles. The van der Waals surface area contributed by atoms with Gasteiger partial charge in [-0.15, -0.1) is 0 Å². The predicted molar refractivity (Wildman–Crippen MR) is 49.9 cm³/mol. The first-order valence-electron chi connectivity index (χ1n) is 4.82. The molecule has 0 rings (SSSR count). The largest absolute Gasteiger partial charge is 0.406 e. The summed E-state index contributed by atoms with van der Waals surface area (Å²) in [7, 11) is 0. The number of hydrogen-bond donors (Lipinski definition) is 3. The Labute approximate surface area is 107 Å². The number of nitrogens with zero attached hydrogens (tertiary/aromatic N) is 1. The Balaban J connectivity index is 5.11.